The zero-order valence-corrected chi connectivity index (χ0v) is 12.6. The van der Waals surface area contributed by atoms with E-state index < -0.39 is 23.0 Å². The predicted octanol–water partition coefficient (Wildman–Crippen LogP) is 3.41. The molecular weight excluding hydrogens is 329 g/mol. The van der Waals surface area contributed by atoms with Crippen LogP contribution in [0.3, 0.4) is 0 Å². The molecule has 2 aromatic rings. The lowest BCUT2D eigenvalue weighted by atomic mass is 10.1. The molecule has 114 valence electrons. The third-order valence-corrected chi connectivity index (χ3v) is 3.42. The van der Waals surface area contributed by atoms with Gasteiger partial charge in [0.05, 0.1) is 10.6 Å². The van der Waals surface area contributed by atoms with Crippen molar-refractivity contribution < 1.29 is 20.1 Å². The number of benzene rings is 2. The van der Waals surface area contributed by atoms with E-state index in [-0.39, 0.29) is 12.1 Å². The molecule has 0 bridgehead atoms. The molecule has 22 heavy (non-hydrogen) atoms. The number of carbonyl (C=O) groups is 1. The molecular formula is C15H11Cl2NO4. The summed E-state index contributed by atoms with van der Waals surface area (Å²) in [6, 6.07) is 7.17. The molecule has 0 amide bonds. The molecule has 0 heterocycles. The molecule has 0 unspecified atom stereocenters. The van der Waals surface area contributed by atoms with E-state index in [1.807, 2.05) is 0 Å². The van der Waals surface area contributed by atoms with Gasteiger partial charge < -0.3 is 15.3 Å². The Morgan fingerprint density at radius 1 is 1.09 bits per heavy atom. The Hall–Kier alpha value is -2.24. The van der Waals surface area contributed by atoms with E-state index in [0.29, 0.717) is 15.6 Å². The molecule has 5 nitrogen and oxygen atoms in total. The molecule has 0 aliphatic rings. The molecule has 2 rings (SSSR count). The maximum absolute atomic E-state index is 11.9. The number of hydrogen-bond donors (Lipinski definition) is 3. The van der Waals surface area contributed by atoms with Gasteiger partial charge in [-0.3, -0.25) is 9.79 Å². The molecule has 0 aromatic heterocycles. The number of hydrogen-bond acceptors (Lipinski definition) is 5. The van der Waals surface area contributed by atoms with Crippen LogP contribution in [0.1, 0.15) is 15.9 Å². The first kappa shape index (κ1) is 16.1. The summed E-state index contributed by atoms with van der Waals surface area (Å²) in [5, 5.41) is 29.1. The third kappa shape index (κ3) is 3.50. The number of aliphatic imine (C=N–C) groups is 1. The highest BCUT2D eigenvalue weighted by atomic mass is 35.5. The van der Waals surface area contributed by atoms with Crippen molar-refractivity contribution in [2.45, 2.75) is 0 Å². The van der Waals surface area contributed by atoms with Crippen LogP contribution in [-0.4, -0.2) is 33.9 Å². The number of halogens is 2. The zero-order valence-electron chi connectivity index (χ0n) is 11.1. The number of nitrogens with zero attached hydrogens (tertiary/aromatic N) is 1. The summed E-state index contributed by atoms with van der Waals surface area (Å²) in [6.07, 6.45) is 1.41. The van der Waals surface area contributed by atoms with Gasteiger partial charge in [-0.2, -0.15) is 0 Å². The molecule has 0 spiro atoms. The standard InChI is InChI=1S/C15H11Cl2NO4/c16-9-2-1-8(11(17)5-9)6-18-7-13(20)10-3-4-12(19)15(22)14(10)21/h1-6,19,21-22H,7H2. The monoisotopic (exact) mass is 339 g/mol. The van der Waals surface area contributed by atoms with Gasteiger partial charge in [-0.1, -0.05) is 29.3 Å². The first-order valence-corrected chi connectivity index (χ1v) is 6.87. The minimum absolute atomic E-state index is 0.130. The van der Waals surface area contributed by atoms with Crippen molar-refractivity contribution in [3.63, 3.8) is 0 Å². The lowest BCUT2D eigenvalue weighted by Crippen LogP contribution is -2.04. The highest BCUT2D eigenvalue weighted by Crippen LogP contribution is 2.37. The van der Waals surface area contributed by atoms with Gasteiger partial charge >= 0.3 is 0 Å². The van der Waals surface area contributed by atoms with Crippen molar-refractivity contribution >= 4 is 35.2 Å². The Morgan fingerprint density at radius 3 is 2.50 bits per heavy atom. The summed E-state index contributed by atoms with van der Waals surface area (Å²) in [5.74, 6) is -2.44. The average molecular weight is 340 g/mol. The second-order valence-corrected chi connectivity index (χ2v) is 5.23. The quantitative estimate of drug-likeness (QED) is 0.452. The van der Waals surface area contributed by atoms with Crippen LogP contribution < -0.4 is 0 Å². The van der Waals surface area contributed by atoms with Gasteiger partial charge in [0, 0.05) is 16.8 Å². The molecule has 0 aliphatic carbocycles. The fraction of sp³-hybridized carbons (Fsp3) is 0.0667. The van der Waals surface area contributed by atoms with Crippen LogP contribution in [0, 0.1) is 0 Å². The van der Waals surface area contributed by atoms with Gasteiger partial charge in [0.25, 0.3) is 0 Å². The molecule has 7 heteroatoms. The lowest BCUT2D eigenvalue weighted by Gasteiger charge is -2.05. The summed E-state index contributed by atoms with van der Waals surface area (Å²) in [5.41, 5.74) is 0.464. The number of phenols is 3. The van der Waals surface area contributed by atoms with Crippen LogP contribution in [0.2, 0.25) is 10.0 Å². The topological polar surface area (TPSA) is 90.1 Å². The summed E-state index contributed by atoms with van der Waals surface area (Å²) in [4.78, 5) is 15.9. The first-order valence-electron chi connectivity index (χ1n) is 6.12. The molecule has 2 aromatic carbocycles. The van der Waals surface area contributed by atoms with Crippen molar-refractivity contribution in [1.29, 1.82) is 0 Å². The van der Waals surface area contributed by atoms with Crippen molar-refractivity contribution in [3.05, 3.63) is 51.5 Å². The molecule has 0 radical (unpaired) electrons. The molecule has 0 atom stereocenters. The third-order valence-electron chi connectivity index (χ3n) is 2.86. The SMILES string of the molecule is O=C(CN=Cc1ccc(Cl)cc1Cl)c1ccc(O)c(O)c1O. The van der Waals surface area contributed by atoms with Crippen molar-refractivity contribution in [2.75, 3.05) is 6.54 Å². The van der Waals surface area contributed by atoms with E-state index in [1.54, 1.807) is 18.2 Å². The van der Waals surface area contributed by atoms with Gasteiger partial charge in [0.1, 0.15) is 6.54 Å². The number of aromatic hydroxyl groups is 3. The highest BCUT2D eigenvalue weighted by molar-refractivity contribution is 6.36. The number of ketones is 1. The van der Waals surface area contributed by atoms with Gasteiger partial charge in [0.2, 0.25) is 5.75 Å². The molecule has 0 aliphatic heterocycles. The lowest BCUT2D eigenvalue weighted by molar-refractivity contribution is 0.0999. The summed E-state index contributed by atoms with van der Waals surface area (Å²) < 4.78 is 0. The molecule has 3 N–H and O–H groups in total. The maximum Gasteiger partial charge on any atom is 0.201 e. The van der Waals surface area contributed by atoms with Gasteiger partial charge in [-0.15, -0.1) is 0 Å². The van der Waals surface area contributed by atoms with Crippen LogP contribution in [0.15, 0.2) is 35.3 Å². The van der Waals surface area contributed by atoms with Crippen molar-refractivity contribution in [3.8, 4) is 17.2 Å². The van der Waals surface area contributed by atoms with E-state index in [1.165, 1.54) is 12.3 Å². The fourth-order valence-electron chi connectivity index (χ4n) is 1.71. The van der Waals surface area contributed by atoms with Gasteiger partial charge in [-0.05, 0) is 24.3 Å². The smallest absolute Gasteiger partial charge is 0.201 e. The number of Topliss-reactive ketones (excluding diaryl/α,β-unsaturated/α-hetero) is 1. The zero-order chi connectivity index (χ0) is 16.3. The Balaban J connectivity index is 2.13. The molecule has 0 saturated carbocycles. The predicted molar refractivity (Wildman–Crippen MR) is 84.7 cm³/mol. The van der Waals surface area contributed by atoms with E-state index in [9.17, 15) is 20.1 Å². The molecule has 0 saturated heterocycles. The van der Waals surface area contributed by atoms with Gasteiger partial charge in [0.15, 0.2) is 17.3 Å². The van der Waals surface area contributed by atoms with E-state index in [2.05, 4.69) is 4.99 Å². The minimum Gasteiger partial charge on any atom is -0.504 e. The Bertz CT molecular complexity index is 759. The summed E-state index contributed by atoms with van der Waals surface area (Å²) in [6.45, 7) is -0.253. The Labute approximate surface area is 136 Å². The van der Waals surface area contributed by atoms with Crippen LogP contribution >= 0.6 is 23.2 Å². The first-order chi connectivity index (χ1) is 10.4. The maximum atomic E-state index is 11.9. The van der Waals surface area contributed by atoms with Gasteiger partial charge in [-0.25, -0.2) is 0 Å². The second kappa shape index (κ2) is 6.68. The number of phenolic OH excluding ortho intramolecular Hbond substituents is 3. The van der Waals surface area contributed by atoms with E-state index >= 15 is 0 Å². The van der Waals surface area contributed by atoms with Crippen molar-refractivity contribution in [2.24, 2.45) is 4.99 Å². The number of rotatable bonds is 4. The van der Waals surface area contributed by atoms with E-state index in [4.69, 9.17) is 23.2 Å². The minimum atomic E-state index is -0.740. The van der Waals surface area contributed by atoms with Crippen LogP contribution in [-0.2, 0) is 0 Å². The highest BCUT2D eigenvalue weighted by Gasteiger charge is 2.16. The van der Waals surface area contributed by atoms with E-state index in [0.717, 1.165) is 6.07 Å². The second-order valence-electron chi connectivity index (χ2n) is 4.39. The Kier molecular flexibility index (Phi) is 4.90. The average Bonchev–Trinajstić information content (AvgIpc) is 2.47. The Morgan fingerprint density at radius 2 is 1.82 bits per heavy atom. The summed E-state index contributed by atoms with van der Waals surface area (Å²) in [7, 11) is 0. The number of carbonyl (C=O) groups excluding carboxylic acids is 1. The molecule has 0 fully saturated rings. The van der Waals surface area contributed by atoms with Crippen LogP contribution in [0.25, 0.3) is 0 Å². The van der Waals surface area contributed by atoms with Crippen LogP contribution in [0.5, 0.6) is 17.2 Å². The van der Waals surface area contributed by atoms with Crippen LogP contribution in [0.4, 0.5) is 0 Å². The fourth-order valence-corrected chi connectivity index (χ4v) is 2.17. The van der Waals surface area contributed by atoms with Crippen molar-refractivity contribution in [1.82, 2.24) is 0 Å². The normalized spacial score (nSPS) is 11.0. The summed E-state index contributed by atoms with van der Waals surface area (Å²) >= 11 is 11.7. The largest absolute Gasteiger partial charge is 0.504 e.